The number of carbonyl (C=O) groups excluding carboxylic acids is 1. The van der Waals surface area contributed by atoms with Crippen molar-refractivity contribution in [1.82, 2.24) is 24.4 Å². The third-order valence-electron chi connectivity index (χ3n) is 7.75. The van der Waals surface area contributed by atoms with Gasteiger partial charge < -0.3 is 30.9 Å². The molecule has 1 unspecified atom stereocenters. The van der Waals surface area contributed by atoms with E-state index in [1.807, 2.05) is 6.33 Å². The van der Waals surface area contributed by atoms with Crippen molar-refractivity contribution in [1.29, 1.82) is 0 Å². The number of aromatic nitrogens is 4. The summed E-state index contributed by atoms with van der Waals surface area (Å²) in [6, 6.07) is 1.27. The first-order valence-corrected chi connectivity index (χ1v) is 13.0. The van der Waals surface area contributed by atoms with E-state index in [-0.39, 0.29) is 36.8 Å². The lowest BCUT2D eigenvalue weighted by Crippen LogP contribution is -2.45. The van der Waals surface area contributed by atoms with Gasteiger partial charge in [0.25, 0.3) is 5.91 Å². The summed E-state index contributed by atoms with van der Waals surface area (Å²) in [5.41, 5.74) is 7.80. The Morgan fingerprint density at radius 3 is 2.28 bits per heavy atom. The summed E-state index contributed by atoms with van der Waals surface area (Å²) in [5.74, 6) is 1.21. The normalized spacial score (nSPS) is 24.1. The lowest BCUT2D eigenvalue weighted by molar-refractivity contribution is -0.140. The Kier molecular flexibility index (Phi) is 10.0. The number of nitrogens with two attached hydrogens (primary N) is 1. The molecule has 5 rings (SSSR count). The maximum Gasteiger partial charge on any atom is 0.251 e. The number of likely N-dealkylation sites (tertiary alicyclic amines) is 1. The molecule has 202 valence electrons. The van der Waals surface area contributed by atoms with Crippen LogP contribution >= 0.6 is 24.8 Å². The molecule has 2 aromatic heterocycles. The van der Waals surface area contributed by atoms with Crippen molar-refractivity contribution in [3.05, 3.63) is 6.33 Å². The number of amides is 1. The van der Waals surface area contributed by atoms with Gasteiger partial charge >= 0.3 is 0 Å². The highest BCUT2D eigenvalue weighted by molar-refractivity contribution is 5.86. The highest BCUT2D eigenvalue weighted by Gasteiger charge is 2.28. The zero-order chi connectivity index (χ0) is 23.7. The molecule has 5 N–H and O–H groups in total. The third kappa shape index (κ3) is 6.33. The van der Waals surface area contributed by atoms with Gasteiger partial charge in [-0.15, -0.1) is 24.8 Å². The molecular formula is C24H40Cl2N8O2. The van der Waals surface area contributed by atoms with Crippen LogP contribution in [0.25, 0.3) is 11.2 Å². The molecule has 2 aromatic rings. The molecule has 1 atom stereocenters. The van der Waals surface area contributed by atoms with Crippen molar-refractivity contribution in [3.8, 4) is 0 Å². The van der Waals surface area contributed by atoms with E-state index in [0.717, 1.165) is 68.3 Å². The van der Waals surface area contributed by atoms with Gasteiger partial charge in [-0.05, 0) is 58.3 Å². The van der Waals surface area contributed by atoms with Crippen molar-refractivity contribution >= 4 is 53.7 Å². The zero-order valence-electron chi connectivity index (χ0n) is 20.9. The van der Waals surface area contributed by atoms with E-state index >= 15 is 0 Å². The number of nitrogens with one attached hydrogen (secondary N) is 2. The van der Waals surface area contributed by atoms with Crippen molar-refractivity contribution in [3.63, 3.8) is 0 Å². The molecule has 0 bridgehead atoms. The molecular weight excluding hydrogens is 503 g/mol. The molecule has 1 saturated heterocycles. The summed E-state index contributed by atoms with van der Waals surface area (Å²) in [5, 5.41) is 16.8. The summed E-state index contributed by atoms with van der Waals surface area (Å²) in [4.78, 5) is 28.4. The van der Waals surface area contributed by atoms with Crippen LogP contribution in [-0.4, -0.2) is 72.8 Å². The van der Waals surface area contributed by atoms with E-state index in [9.17, 15) is 9.90 Å². The van der Waals surface area contributed by atoms with E-state index in [2.05, 4.69) is 15.2 Å². The van der Waals surface area contributed by atoms with Crippen LogP contribution in [0.3, 0.4) is 0 Å². The molecule has 2 saturated carbocycles. The molecule has 3 aliphatic rings. The Balaban J connectivity index is 0.00000180. The maximum absolute atomic E-state index is 12.1. The minimum Gasteiger partial charge on any atom is -0.384 e. The van der Waals surface area contributed by atoms with Gasteiger partial charge in [0.1, 0.15) is 6.10 Å². The Morgan fingerprint density at radius 2 is 1.64 bits per heavy atom. The number of hydrogen-bond acceptors (Lipinski definition) is 8. The van der Waals surface area contributed by atoms with Crippen LogP contribution in [0, 0.1) is 0 Å². The van der Waals surface area contributed by atoms with E-state index in [4.69, 9.17) is 20.7 Å². The lowest BCUT2D eigenvalue weighted by Gasteiger charge is -2.33. The Hall–Kier alpha value is -1.88. The van der Waals surface area contributed by atoms with Gasteiger partial charge in [-0.25, -0.2) is 4.98 Å². The second-order valence-electron chi connectivity index (χ2n) is 10.3. The van der Waals surface area contributed by atoms with Crippen LogP contribution < -0.4 is 16.4 Å². The summed E-state index contributed by atoms with van der Waals surface area (Å²) in [7, 11) is 0. The monoisotopic (exact) mass is 542 g/mol. The number of aliphatic hydroxyl groups excluding tert-OH is 1. The molecule has 3 fully saturated rings. The average Bonchev–Trinajstić information content (AvgIpc) is 3.50. The number of rotatable bonds is 6. The van der Waals surface area contributed by atoms with Crippen LogP contribution in [0.2, 0.25) is 0 Å². The van der Waals surface area contributed by atoms with Crippen LogP contribution in [0.15, 0.2) is 6.33 Å². The van der Waals surface area contributed by atoms with Gasteiger partial charge in [0.2, 0.25) is 5.95 Å². The predicted octanol–water partition coefficient (Wildman–Crippen LogP) is 3.25. The number of nitrogens with zero attached hydrogens (tertiary/aromatic N) is 5. The van der Waals surface area contributed by atoms with Gasteiger partial charge in [0.05, 0.1) is 6.33 Å². The van der Waals surface area contributed by atoms with Crippen molar-refractivity contribution in [2.45, 2.75) is 101 Å². The smallest absolute Gasteiger partial charge is 0.251 e. The summed E-state index contributed by atoms with van der Waals surface area (Å²) in [6.45, 7) is 2.78. The molecule has 10 nitrogen and oxygen atoms in total. The number of hydrogen-bond donors (Lipinski definition) is 4. The van der Waals surface area contributed by atoms with Gasteiger partial charge in [-0.2, -0.15) is 9.97 Å². The Labute approximate surface area is 225 Å². The molecule has 12 heteroatoms. The van der Waals surface area contributed by atoms with Crippen LogP contribution in [-0.2, 0) is 4.79 Å². The number of halogens is 2. The second-order valence-corrected chi connectivity index (χ2v) is 10.3. The fourth-order valence-corrected chi connectivity index (χ4v) is 5.68. The maximum atomic E-state index is 12.1. The summed E-state index contributed by atoms with van der Waals surface area (Å²) in [6.07, 6.45) is 11.5. The number of piperidine rings is 1. The fraction of sp³-hybridized carbons (Fsp3) is 0.750. The van der Waals surface area contributed by atoms with Gasteiger partial charge in [0.15, 0.2) is 17.0 Å². The number of imidazole rings is 1. The number of aliphatic hydroxyl groups is 1. The van der Waals surface area contributed by atoms with Crippen LogP contribution in [0.1, 0.15) is 77.2 Å². The second kappa shape index (κ2) is 12.6. The first-order chi connectivity index (χ1) is 16.5. The third-order valence-corrected chi connectivity index (χ3v) is 7.75. The summed E-state index contributed by atoms with van der Waals surface area (Å²) >= 11 is 0. The lowest BCUT2D eigenvalue weighted by atomic mass is 9.92. The number of carbonyl (C=O) groups is 1. The Morgan fingerprint density at radius 1 is 1.00 bits per heavy atom. The average molecular weight is 544 g/mol. The first-order valence-electron chi connectivity index (χ1n) is 13.0. The highest BCUT2D eigenvalue weighted by Crippen LogP contribution is 2.34. The van der Waals surface area contributed by atoms with Crippen molar-refractivity contribution in [2.24, 2.45) is 5.73 Å². The van der Waals surface area contributed by atoms with E-state index in [0.29, 0.717) is 37.2 Å². The molecule has 0 radical (unpaired) electrons. The molecule has 36 heavy (non-hydrogen) atoms. The quantitative estimate of drug-likeness (QED) is 0.436. The van der Waals surface area contributed by atoms with E-state index < -0.39 is 6.10 Å². The topological polar surface area (TPSA) is 134 Å². The molecule has 0 spiro atoms. The molecule has 1 amide bonds. The minimum absolute atomic E-state index is 0. The highest BCUT2D eigenvalue weighted by atomic mass is 35.5. The van der Waals surface area contributed by atoms with Gasteiger partial charge in [-0.1, -0.05) is 12.8 Å². The largest absolute Gasteiger partial charge is 0.384 e. The predicted molar refractivity (Wildman–Crippen MR) is 146 cm³/mol. The number of anilines is 2. The number of fused-ring (bicyclic) bond motifs is 1. The molecule has 2 aliphatic carbocycles. The van der Waals surface area contributed by atoms with Crippen LogP contribution in [0.5, 0.6) is 0 Å². The Bertz CT molecular complexity index is 997. The minimum atomic E-state index is -0.950. The zero-order valence-corrected chi connectivity index (χ0v) is 22.6. The first kappa shape index (κ1) is 28.7. The standard InChI is InChI=1S/C24H38N8O2.2ClH/c1-15(33)23(34)31-12-10-18(11-13-31)27-21-20-22(32(14-26-20)19-4-2-3-5-19)30-24(29-21)28-17-8-6-16(25)7-9-17;;/h14-19,33H,2-13,25H2,1H3,(H2,27,28,29,30);2*1H. The molecule has 0 aromatic carbocycles. The molecule has 1 aliphatic heterocycles. The van der Waals surface area contributed by atoms with Crippen molar-refractivity contribution in [2.75, 3.05) is 23.7 Å². The van der Waals surface area contributed by atoms with E-state index in [1.165, 1.54) is 19.8 Å². The van der Waals surface area contributed by atoms with E-state index in [1.54, 1.807) is 4.90 Å². The SMILES string of the molecule is CC(O)C(=O)N1CCC(Nc2nc(NC3CCC(N)CC3)nc3c2ncn3C2CCCC2)CC1.Cl.Cl. The van der Waals surface area contributed by atoms with Crippen LogP contribution in [0.4, 0.5) is 11.8 Å². The summed E-state index contributed by atoms with van der Waals surface area (Å²) < 4.78 is 2.24. The molecule has 3 heterocycles. The van der Waals surface area contributed by atoms with Crippen molar-refractivity contribution < 1.29 is 9.90 Å². The van der Waals surface area contributed by atoms with Gasteiger partial charge in [-0.3, -0.25) is 4.79 Å². The fourth-order valence-electron chi connectivity index (χ4n) is 5.68. The van der Waals surface area contributed by atoms with Gasteiger partial charge in [0, 0.05) is 37.3 Å².